The Labute approximate surface area is 134 Å². The summed E-state index contributed by atoms with van der Waals surface area (Å²) in [5.74, 6) is 1.27. The van der Waals surface area contributed by atoms with Gasteiger partial charge >= 0.3 is 0 Å². The molecule has 1 amide bonds. The third-order valence-corrected chi connectivity index (χ3v) is 3.35. The Kier molecular flexibility index (Phi) is 4.42. The minimum atomic E-state index is -0.135. The van der Waals surface area contributed by atoms with Crippen LogP contribution in [-0.4, -0.2) is 32.6 Å². The molecule has 0 saturated heterocycles. The topological polar surface area (TPSA) is 83.6 Å². The van der Waals surface area contributed by atoms with E-state index in [9.17, 15) is 4.79 Å². The number of amides is 1. The molecule has 0 aliphatic carbocycles. The number of carbonyl (C=O) groups is 1. The quantitative estimate of drug-likeness (QED) is 0.756. The van der Waals surface area contributed by atoms with Gasteiger partial charge in [0.25, 0.3) is 5.91 Å². The molecule has 1 aromatic carbocycles. The average molecular weight is 307 g/mol. The van der Waals surface area contributed by atoms with Crippen LogP contribution in [0.3, 0.4) is 0 Å². The second kappa shape index (κ2) is 6.83. The molecular formula is C17H17N5O. The molecule has 0 spiro atoms. The van der Waals surface area contributed by atoms with Crippen molar-refractivity contribution < 1.29 is 4.79 Å². The van der Waals surface area contributed by atoms with Gasteiger partial charge in [0.05, 0.1) is 5.56 Å². The number of pyridine rings is 1. The van der Waals surface area contributed by atoms with Crippen LogP contribution in [0.1, 0.15) is 21.7 Å². The van der Waals surface area contributed by atoms with Gasteiger partial charge in [-0.1, -0.05) is 30.3 Å². The van der Waals surface area contributed by atoms with Crippen molar-refractivity contribution in [1.29, 1.82) is 0 Å². The smallest absolute Gasteiger partial charge is 0.252 e. The van der Waals surface area contributed by atoms with Crippen LogP contribution >= 0.6 is 0 Å². The van der Waals surface area contributed by atoms with Gasteiger partial charge in [-0.05, 0) is 18.6 Å². The number of aromatic nitrogens is 4. The Bertz CT molecular complexity index is 798. The van der Waals surface area contributed by atoms with Crippen LogP contribution in [0, 0.1) is 6.92 Å². The van der Waals surface area contributed by atoms with E-state index in [2.05, 4.69) is 25.5 Å². The van der Waals surface area contributed by atoms with E-state index in [1.807, 2.05) is 43.3 Å². The molecule has 23 heavy (non-hydrogen) atoms. The molecule has 0 atom stereocenters. The van der Waals surface area contributed by atoms with Crippen molar-refractivity contribution in [1.82, 2.24) is 25.5 Å². The summed E-state index contributed by atoms with van der Waals surface area (Å²) < 4.78 is 0. The normalized spacial score (nSPS) is 10.5. The molecule has 6 heteroatoms. The molecule has 0 saturated carbocycles. The Morgan fingerprint density at radius 1 is 1.22 bits per heavy atom. The fraction of sp³-hybridized carbons (Fsp3) is 0.176. The third kappa shape index (κ3) is 3.79. The van der Waals surface area contributed by atoms with Crippen molar-refractivity contribution >= 4 is 5.91 Å². The highest BCUT2D eigenvalue weighted by molar-refractivity contribution is 5.93. The van der Waals surface area contributed by atoms with Gasteiger partial charge in [-0.25, -0.2) is 4.98 Å². The lowest BCUT2D eigenvalue weighted by atomic mass is 10.2. The molecule has 2 aromatic heterocycles. The Morgan fingerprint density at radius 3 is 2.83 bits per heavy atom. The molecule has 3 rings (SSSR count). The fourth-order valence-electron chi connectivity index (χ4n) is 2.20. The first-order valence-electron chi connectivity index (χ1n) is 7.39. The number of nitrogens with zero attached hydrogens (tertiary/aromatic N) is 3. The van der Waals surface area contributed by atoms with E-state index in [4.69, 9.17) is 0 Å². The third-order valence-electron chi connectivity index (χ3n) is 3.35. The zero-order chi connectivity index (χ0) is 16.1. The van der Waals surface area contributed by atoms with Gasteiger partial charge in [-0.3, -0.25) is 14.9 Å². The highest BCUT2D eigenvalue weighted by Crippen LogP contribution is 2.13. The number of aryl methyl sites for hydroxylation is 1. The van der Waals surface area contributed by atoms with Gasteiger partial charge in [0.15, 0.2) is 5.82 Å². The van der Waals surface area contributed by atoms with Gasteiger partial charge in [-0.2, -0.15) is 5.10 Å². The van der Waals surface area contributed by atoms with Gasteiger partial charge in [0.2, 0.25) is 0 Å². The highest BCUT2D eigenvalue weighted by Gasteiger charge is 2.08. The average Bonchev–Trinajstić information content (AvgIpc) is 3.04. The summed E-state index contributed by atoms with van der Waals surface area (Å²) in [4.78, 5) is 20.5. The molecule has 0 aliphatic heterocycles. The van der Waals surface area contributed by atoms with E-state index >= 15 is 0 Å². The molecular weight excluding hydrogens is 290 g/mol. The predicted octanol–water partition coefficient (Wildman–Crippen LogP) is 2.15. The minimum Gasteiger partial charge on any atom is -0.352 e. The molecule has 0 aliphatic rings. The van der Waals surface area contributed by atoms with Crippen LogP contribution in [-0.2, 0) is 6.42 Å². The van der Waals surface area contributed by atoms with Crippen LogP contribution < -0.4 is 5.32 Å². The largest absolute Gasteiger partial charge is 0.352 e. The zero-order valence-electron chi connectivity index (χ0n) is 12.8. The Balaban J connectivity index is 1.55. The summed E-state index contributed by atoms with van der Waals surface area (Å²) in [5, 5.41) is 9.95. The summed E-state index contributed by atoms with van der Waals surface area (Å²) in [6, 6.07) is 11.6. The number of benzene rings is 1. The minimum absolute atomic E-state index is 0.135. The lowest BCUT2D eigenvalue weighted by molar-refractivity contribution is 0.0953. The van der Waals surface area contributed by atoms with Crippen molar-refractivity contribution in [2.24, 2.45) is 0 Å². The monoisotopic (exact) mass is 307 g/mol. The van der Waals surface area contributed by atoms with Crippen LogP contribution in [0.15, 0.2) is 48.8 Å². The fourth-order valence-corrected chi connectivity index (χ4v) is 2.20. The molecule has 3 aromatic rings. The number of hydrogen-bond acceptors (Lipinski definition) is 4. The summed E-state index contributed by atoms with van der Waals surface area (Å²) in [7, 11) is 0. The first kappa shape index (κ1) is 14.9. The second-order valence-electron chi connectivity index (χ2n) is 5.23. The van der Waals surface area contributed by atoms with Gasteiger partial charge < -0.3 is 5.32 Å². The number of nitrogens with one attached hydrogen (secondary N) is 2. The van der Waals surface area contributed by atoms with Crippen LogP contribution in [0.25, 0.3) is 11.4 Å². The molecule has 0 unspecified atom stereocenters. The van der Waals surface area contributed by atoms with E-state index < -0.39 is 0 Å². The zero-order valence-corrected chi connectivity index (χ0v) is 12.8. The first-order chi connectivity index (χ1) is 11.2. The molecule has 2 heterocycles. The van der Waals surface area contributed by atoms with Crippen LogP contribution in [0.4, 0.5) is 0 Å². The van der Waals surface area contributed by atoms with Crippen molar-refractivity contribution in [3.05, 3.63) is 65.7 Å². The Morgan fingerprint density at radius 2 is 2.04 bits per heavy atom. The maximum Gasteiger partial charge on any atom is 0.252 e. The van der Waals surface area contributed by atoms with Gasteiger partial charge in [-0.15, -0.1) is 0 Å². The summed E-state index contributed by atoms with van der Waals surface area (Å²) >= 11 is 0. The lowest BCUT2D eigenvalue weighted by Crippen LogP contribution is -2.26. The van der Waals surface area contributed by atoms with E-state index in [0.29, 0.717) is 24.4 Å². The first-order valence-corrected chi connectivity index (χ1v) is 7.39. The number of aromatic amines is 1. The van der Waals surface area contributed by atoms with Crippen molar-refractivity contribution in [3.8, 4) is 11.4 Å². The van der Waals surface area contributed by atoms with E-state index in [1.165, 1.54) is 0 Å². The number of H-pyrrole nitrogens is 1. The molecule has 2 N–H and O–H groups in total. The SMILES string of the molecule is Cc1cncc(C(=O)NCCc2nc(-c3ccccc3)n[nH]2)c1. The van der Waals surface area contributed by atoms with Crippen molar-refractivity contribution in [2.75, 3.05) is 6.54 Å². The van der Waals surface area contributed by atoms with E-state index in [0.717, 1.165) is 17.0 Å². The number of carbonyl (C=O) groups excluding carboxylic acids is 1. The molecule has 6 nitrogen and oxygen atoms in total. The molecule has 116 valence electrons. The van der Waals surface area contributed by atoms with E-state index in [-0.39, 0.29) is 5.91 Å². The standard InChI is InChI=1S/C17H17N5O/c1-12-9-14(11-18-10-12)17(23)19-8-7-15-20-16(22-21-15)13-5-3-2-4-6-13/h2-6,9-11H,7-8H2,1H3,(H,19,23)(H,20,21,22). The molecule has 0 bridgehead atoms. The summed E-state index contributed by atoms with van der Waals surface area (Å²) in [6.07, 6.45) is 3.87. The summed E-state index contributed by atoms with van der Waals surface area (Å²) in [5.41, 5.74) is 2.48. The lowest BCUT2D eigenvalue weighted by Gasteiger charge is -2.04. The van der Waals surface area contributed by atoms with Crippen LogP contribution in [0.2, 0.25) is 0 Å². The van der Waals surface area contributed by atoms with Crippen molar-refractivity contribution in [3.63, 3.8) is 0 Å². The number of hydrogen-bond donors (Lipinski definition) is 2. The van der Waals surface area contributed by atoms with Gasteiger partial charge in [0.1, 0.15) is 5.82 Å². The maximum atomic E-state index is 12.0. The Hall–Kier alpha value is -3.02. The maximum absolute atomic E-state index is 12.0. The highest BCUT2D eigenvalue weighted by atomic mass is 16.1. The van der Waals surface area contributed by atoms with Crippen LogP contribution in [0.5, 0.6) is 0 Å². The second-order valence-corrected chi connectivity index (χ2v) is 5.23. The predicted molar refractivity (Wildman–Crippen MR) is 86.8 cm³/mol. The van der Waals surface area contributed by atoms with E-state index in [1.54, 1.807) is 12.4 Å². The number of rotatable bonds is 5. The molecule has 0 fully saturated rings. The van der Waals surface area contributed by atoms with Crippen molar-refractivity contribution in [2.45, 2.75) is 13.3 Å². The van der Waals surface area contributed by atoms with Gasteiger partial charge in [0, 0.05) is 30.9 Å². The summed E-state index contributed by atoms with van der Waals surface area (Å²) in [6.45, 7) is 2.39. The molecule has 0 radical (unpaired) electrons.